The van der Waals surface area contributed by atoms with Crippen molar-refractivity contribution in [1.29, 1.82) is 0 Å². The highest BCUT2D eigenvalue weighted by atomic mass is 19.1. The molecule has 0 radical (unpaired) electrons. The van der Waals surface area contributed by atoms with Crippen molar-refractivity contribution in [2.24, 2.45) is 0 Å². The van der Waals surface area contributed by atoms with Gasteiger partial charge in [0.05, 0.1) is 6.54 Å². The average molecular weight is 316 g/mol. The number of aryl methyl sites for hydroxylation is 3. The summed E-state index contributed by atoms with van der Waals surface area (Å²) < 4.78 is 18.2. The number of benzene rings is 2. The third kappa shape index (κ3) is 4.98. The van der Waals surface area contributed by atoms with Gasteiger partial charge in [-0.05, 0) is 56.2 Å². The number of hydrogen-bond acceptors (Lipinski definition) is 2. The van der Waals surface area contributed by atoms with Crippen LogP contribution in [0.1, 0.15) is 16.7 Å². The lowest BCUT2D eigenvalue weighted by Crippen LogP contribution is -2.32. The molecule has 0 aliphatic carbocycles. The number of hydrogen-bond donors (Lipinski definition) is 2. The van der Waals surface area contributed by atoms with Crippen LogP contribution in [-0.4, -0.2) is 19.2 Å². The molecular formula is C18H21FN2O2. The molecule has 2 amide bonds. The fourth-order valence-corrected chi connectivity index (χ4v) is 2.40. The summed E-state index contributed by atoms with van der Waals surface area (Å²) in [5.74, 6) is 0.262. The molecule has 0 heterocycles. The van der Waals surface area contributed by atoms with Crippen LogP contribution in [0.5, 0.6) is 5.75 Å². The number of carbonyl (C=O) groups is 1. The van der Waals surface area contributed by atoms with Crippen LogP contribution in [-0.2, 0) is 0 Å². The molecule has 0 unspecified atom stereocenters. The molecule has 0 atom stereocenters. The third-order valence-electron chi connectivity index (χ3n) is 3.39. The Morgan fingerprint density at radius 2 is 1.70 bits per heavy atom. The van der Waals surface area contributed by atoms with E-state index in [0.29, 0.717) is 18.9 Å². The van der Waals surface area contributed by atoms with Gasteiger partial charge >= 0.3 is 6.03 Å². The number of halogens is 1. The van der Waals surface area contributed by atoms with Gasteiger partial charge in [-0.15, -0.1) is 0 Å². The molecule has 0 saturated carbocycles. The lowest BCUT2D eigenvalue weighted by atomic mass is 10.1. The zero-order valence-corrected chi connectivity index (χ0v) is 13.6. The summed E-state index contributed by atoms with van der Waals surface area (Å²) >= 11 is 0. The predicted octanol–water partition coefficient (Wildman–Crippen LogP) is 3.95. The van der Waals surface area contributed by atoms with Crippen LogP contribution in [0, 0.1) is 26.6 Å². The Bertz CT molecular complexity index is 661. The Labute approximate surface area is 135 Å². The van der Waals surface area contributed by atoms with E-state index in [1.54, 1.807) is 12.1 Å². The van der Waals surface area contributed by atoms with Gasteiger partial charge in [-0.3, -0.25) is 0 Å². The lowest BCUT2D eigenvalue weighted by Gasteiger charge is -2.14. The molecule has 0 fully saturated rings. The van der Waals surface area contributed by atoms with Crippen LogP contribution >= 0.6 is 0 Å². The van der Waals surface area contributed by atoms with Crippen molar-refractivity contribution in [1.82, 2.24) is 5.32 Å². The van der Waals surface area contributed by atoms with Gasteiger partial charge in [-0.1, -0.05) is 17.7 Å². The highest BCUT2D eigenvalue weighted by Gasteiger charge is 2.07. The number of amides is 2. The van der Waals surface area contributed by atoms with Crippen LogP contribution in [0.4, 0.5) is 14.9 Å². The molecule has 0 saturated heterocycles. The molecule has 0 spiro atoms. The summed E-state index contributed by atoms with van der Waals surface area (Å²) in [7, 11) is 0. The largest absolute Gasteiger partial charge is 0.492 e. The molecule has 2 N–H and O–H groups in total. The highest BCUT2D eigenvalue weighted by molar-refractivity contribution is 5.91. The van der Waals surface area contributed by atoms with E-state index in [0.717, 1.165) is 16.8 Å². The van der Waals surface area contributed by atoms with Crippen molar-refractivity contribution in [3.8, 4) is 5.75 Å². The van der Waals surface area contributed by atoms with Gasteiger partial charge in [0.1, 0.15) is 18.2 Å². The second kappa shape index (κ2) is 7.63. The molecule has 0 bridgehead atoms. The Kier molecular flexibility index (Phi) is 5.57. The molecule has 0 aliphatic rings. The minimum Gasteiger partial charge on any atom is -0.492 e. The van der Waals surface area contributed by atoms with Crippen LogP contribution in [0.2, 0.25) is 0 Å². The standard InChI is InChI=1S/C18H21FN2O2/c1-12-10-13(2)17(14(3)11-12)21-18(22)20-8-9-23-16-6-4-15(19)5-7-16/h4-7,10-11H,8-9H2,1-3H3,(H2,20,21,22). The first kappa shape index (κ1) is 16.8. The fourth-order valence-electron chi connectivity index (χ4n) is 2.40. The van der Waals surface area contributed by atoms with E-state index in [2.05, 4.69) is 10.6 Å². The Hall–Kier alpha value is -2.56. The Morgan fingerprint density at radius 1 is 1.09 bits per heavy atom. The number of anilines is 1. The second-order valence-corrected chi connectivity index (χ2v) is 5.46. The summed E-state index contributed by atoms with van der Waals surface area (Å²) in [5.41, 5.74) is 4.05. The molecule has 23 heavy (non-hydrogen) atoms. The summed E-state index contributed by atoms with van der Waals surface area (Å²) in [4.78, 5) is 11.9. The lowest BCUT2D eigenvalue weighted by molar-refractivity contribution is 0.247. The van der Waals surface area contributed by atoms with Crippen LogP contribution in [0.25, 0.3) is 0 Å². The molecule has 2 rings (SSSR count). The van der Waals surface area contributed by atoms with Crippen LogP contribution < -0.4 is 15.4 Å². The van der Waals surface area contributed by atoms with Crippen LogP contribution in [0.15, 0.2) is 36.4 Å². The number of rotatable bonds is 5. The molecule has 122 valence electrons. The van der Waals surface area contributed by atoms with E-state index in [9.17, 15) is 9.18 Å². The fraction of sp³-hybridized carbons (Fsp3) is 0.278. The first-order chi connectivity index (χ1) is 11.0. The number of urea groups is 1. The van der Waals surface area contributed by atoms with Gasteiger partial charge in [0.15, 0.2) is 0 Å². The first-order valence-corrected chi connectivity index (χ1v) is 7.47. The third-order valence-corrected chi connectivity index (χ3v) is 3.39. The first-order valence-electron chi connectivity index (χ1n) is 7.47. The minimum atomic E-state index is -0.307. The Balaban J connectivity index is 1.78. The maximum absolute atomic E-state index is 12.8. The van der Waals surface area contributed by atoms with E-state index in [4.69, 9.17) is 4.74 Å². The van der Waals surface area contributed by atoms with Crippen molar-refractivity contribution >= 4 is 11.7 Å². The van der Waals surface area contributed by atoms with E-state index < -0.39 is 0 Å². The van der Waals surface area contributed by atoms with Gasteiger partial charge in [-0.2, -0.15) is 0 Å². The van der Waals surface area contributed by atoms with Gasteiger partial charge in [-0.25, -0.2) is 9.18 Å². The molecular weight excluding hydrogens is 295 g/mol. The highest BCUT2D eigenvalue weighted by Crippen LogP contribution is 2.21. The van der Waals surface area contributed by atoms with Crippen molar-refractivity contribution in [3.05, 3.63) is 58.9 Å². The molecule has 4 nitrogen and oxygen atoms in total. The maximum atomic E-state index is 12.8. The average Bonchev–Trinajstić information content (AvgIpc) is 2.49. The van der Waals surface area contributed by atoms with E-state index in [-0.39, 0.29) is 11.8 Å². The van der Waals surface area contributed by atoms with Crippen molar-refractivity contribution in [2.75, 3.05) is 18.5 Å². The van der Waals surface area contributed by atoms with E-state index in [1.165, 1.54) is 17.7 Å². The van der Waals surface area contributed by atoms with Gasteiger partial charge < -0.3 is 15.4 Å². The van der Waals surface area contributed by atoms with Crippen molar-refractivity contribution in [3.63, 3.8) is 0 Å². The van der Waals surface area contributed by atoms with Crippen LogP contribution in [0.3, 0.4) is 0 Å². The topological polar surface area (TPSA) is 50.4 Å². The number of nitrogens with one attached hydrogen (secondary N) is 2. The summed E-state index contributed by atoms with van der Waals surface area (Å²) in [6.07, 6.45) is 0. The van der Waals surface area contributed by atoms with E-state index in [1.807, 2.05) is 32.9 Å². The van der Waals surface area contributed by atoms with Gasteiger partial charge in [0, 0.05) is 5.69 Å². The maximum Gasteiger partial charge on any atom is 0.319 e. The summed E-state index contributed by atoms with van der Waals surface area (Å²) in [6, 6.07) is 9.54. The molecule has 2 aromatic rings. The van der Waals surface area contributed by atoms with E-state index >= 15 is 0 Å². The molecule has 5 heteroatoms. The minimum absolute atomic E-state index is 0.275. The van der Waals surface area contributed by atoms with Gasteiger partial charge in [0.25, 0.3) is 0 Å². The Morgan fingerprint density at radius 3 is 2.30 bits per heavy atom. The predicted molar refractivity (Wildman–Crippen MR) is 89.6 cm³/mol. The normalized spacial score (nSPS) is 10.3. The molecule has 2 aromatic carbocycles. The van der Waals surface area contributed by atoms with Gasteiger partial charge in [0.2, 0.25) is 0 Å². The van der Waals surface area contributed by atoms with Crippen molar-refractivity contribution in [2.45, 2.75) is 20.8 Å². The smallest absolute Gasteiger partial charge is 0.319 e. The quantitative estimate of drug-likeness (QED) is 0.821. The number of ether oxygens (including phenoxy) is 1. The molecule has 0 aromatic heterocycles. The zero-order valence-electron chi connectivity index (χ0n) is 13.6. The SMILES string of the molecule is Cc1cc(C)c(NC(=O)NCCOc2ccc(F)cc2)c(C)c1. The van der Waals surface area contributed by atoms with Crippen molar-refractivity contribution < 1.29 is 13.9 Å². The summed E-state index contributed by atoms with van der Waals surface area (Å²) in [5, 5.41) is 5.59. The zero-order chi connectivity index (χ0) is 16.8. The molecule has 0 aliphatic heterocycles. The number of carbonyl (C=O) groups excluding carboxylic acids is 1. The monoisotopic (exact) mass is 316 g/mol. The second-order valence-electron chi connectivity index (χ2n) is 5.46. The summed E-state index contributed by atoms with van der Waals surface area (Å²) in [6.45, 7) is 6.62.